The Labute approximate surface area is 112 Å². The maximum Gasteiger partial charge on any atom is 0.247 e. The second kappa shape index (κ2) is 5.84. The minimum Gasteiger partial charge on any atom is -0.497 e. The van der Waals surface area contributed by atoms with E-state index >= 15 is 0 Å². The van der Waals surface area contributed by atoms with E-state index in [1.54, 1.807) is 7.11 Å². The maximum atomic E-state index is 6.02. The minimum absolute atomic E-state index is 0.209. The average molecular weight is 261 g/mol. The first-order valence-electron chi connectivity index (χ1n) is 6.33. The number of nitrogens with two attached hydrogens (primary N) is 1. The molecule has 2 N–H and O–H groups in total. The fourth-order valence-electron chi connectivity index (χ4n) is 1.84. The van der Waals surface area contributed by atoms with E-state index in [-0.39, 0.29) is 6.04 Å². The van der Waals surface area contributed by atoms with Gasteiger partial charge in [-0.15, -0.1) is 10.2 Å². The predicted molar refractivity (Wildman–Crippen MR) is 72.7 cm³/mol. The first-order valence-corrected chi connectivity index (χ1v) is 6.33. The Morgan fingerprint density at radius 1 is 1.21 bits per heavy atom. The van der Waals surface area contributed by atoms with Crippen LogP contribution in [0.25, 0.3) is 11.5 Å². The SMILES string of the molecule is COc1ccc(-c2nnc(C(N)CC(C)C)o2)cc1. The standard InChI is InChI=1S/C14H19N3O2/c1-9(2)8-12(15)14-17-16-13(19-14)10-4-6-11(18-3)7-5-10/h4-7,9,12H,8,15H2,1-3H3. The number of hydrogen-bond acceptors (Lipinski definition) is 5. The summed E-state index contributed by atoms with van der Waals surface area (Å²) in [7, 11) is 1.63. The minimum atomic E-state index is -0.209. The summed E-state index contributed by atoms with van der Waals surface area (Å²) in [4.78, 5) is 0. The molecule has 5 nitrogen and oxygen atoms in total. The van der Waals surface area contributed by atoms with E-state index in [1.165, 1.54) is 0 Å². The Bertz CT molecular complexity index is 520. The molecule has 0 saturated heterocycles. The molecule has 1 aromatic carbocycles. The molecule has 0 aliphatic rings. The van der Waals surface area contributed by atoms with Crippen molar-refractivity contribution in [3.05, 3.63) is 30.2 Å². The number of hydrogen-bond donors (Lipinski definition) is 1. The Kier molecular flexibility index (Phi) is 4.16. The molecule has 0 aliphatic heterocycles. The van der Waals surface area contributed by atoms with Gasteiger partial charge in [0.15, 0.2) is 0 Å². The first-order chi connectivity index (χ1) is 9.10. The number of nitrogens with zero attached hydrogens (tertiary/aromatic N) is 2. The Morgan fingerprint density at radius 2 is 1.89 bits per heavy atom. The van der Waals surface area contributed by atoms with Gasteiger partial charge in [-0.3, -0.25) is 0 Å². The highest BCUT2D eigenvalue weighted by atomic mass is 16.5. The van der Waals surface area contributed by atoms with Gasteiger partial charge in [0.1, 0.15) is 5.75 Å². The van der Waals surface area contributed by atoms with Gasteiger partial charge in [-0.2, -0.15) is 0 Å². The molecule has 0 amide bonds. The van der Waals surface area contributed by atoms with E-state index in [9.17, 15) is 0 Å². The molecule has 0 fully saturated rings. The number of methoxy groups -OCH3 is 1. The highest BCUT2D eigenvalue weighted by Crippen LogP contribution is 2.24. The van der Waals surface area contributed by atoms with Gasteiger partial charge in [0.25, 0.3) is 0 Å². The molecule has 0 saturated carbocycles. The van der Waals surface area contributed by atoms with Crippen molar-refractivity contribution in [1.82, 2.24) is 10.2 Å². The van der Waals surface area contributed by atoms with Gasteiger partial charge in [-0.05, 0) is 36.6 Å². The normalized spacial score (nSPS) is 12.7. The lowest BCUT2D eigenvalue weighted by molar-refractivity contribution is 0.407. The van der Waals surface area contributed by atoms with Crippen molar-refractivity contribution < 1.29 is 9.15 Å². The van der Waals surface area contributed by atoms with Crippen LogP contribution in [0, 0.1) is 5.92 Å². The van der Waals surface area contributed by atoms with Crippen molar-refractivity contribution in [3.63, 3.8) is 0 Å². The molecule has 1 unspecified atom stereocenters. The Balaban J connectivity index is 2.15. The van der Waals surface area contributed by atoms with Crippen molar-refractivity contribution in [3.8, 4) is 17.2 Å². The third-order valence-corrected chi connectivity index (χ3v) is 2.82. The van der Waals surface area contributed by atoms with E-state index in [0.717, 1.165) is 17.7 Å². The smallest absolute Gasteiger partial charge is 0.247 e. The molecule has 102 valence electrons. The van der Waals surface area contributed by atoms with Crippen LogP contribution in [0.4, 0.5) is 0 Å². The van der Waals surface area contributed by atoms with Gasteiger partial charge in [0, 0.05) is 5.56 Å². The van der Waals surface area contributed by atoms with Crippen LogP contribution in [-0.2, 0) is 0 Å². The summed E-state index contributed by atoms with van der Waals surface area (Å²) >= 11 is 0. The van der Waals surface area contributed by atoms with Crippen molar-refractivity contribution in [2.75, 3.05) is 7.11 Å². The van der Waals surface area contributed by atoms with E-state index in [0.29, 0.717) is 17.7 Å². The average Bonchev–Trinajstić information content (AvgIpc) is 2.88. The van der Waals surface area contributed by atoms with Crippen LogP contribution in [0.3, 0.4) is 0 Å². The molecule has 19 heavy (non-hydrogen) atoms. The summed E-state index contributed by atoms with van der Waals surface area (Å²) in [6.07, 6.45) is 0.824. The van der Waals surface area contributed by atoms with Crippen molar-refractivity contribution >= 4 is 0 Å². The van der Waals surface area contributed by atoms with E-state index in [4.69, 9.17) is 14.9 Å². The Morgan fingerprint density at radius 3 is 2.47 bits per heavy atom. The fourth-order valence-corrected chi connectivity index (χ4v) is 1.84. The van der Waals surface area contributed by atoms with Crippen LogP contribution in [0.2, 0.25) is 0 Å². The van der Waals surface area contributed by atoms with E-state index in [2.05, 4.69) is 24.0 Å². The lowest BCUT2D eigenvalue weighted by atomic mass is 10.1. The highest BCUT2D eigenvalue weighted by Gasteiger charge is 2.16. The molecule has 2 rings (SSSR count). The zero-order valence-electron chi connectivity index (χ0n) is 11.5. The summed E-state index contributed by atoms with van der Waals surface area (Å²) < 4.78 is 10.7. The van der Waals surface area contributed by atoms with Gasteiger partial charge < -0.3 is 14.9 Å². The lowest BCUT2D eigenvalue weighted by Gasteiger charge is -2.08. The third-order valence-electron chi connectivity index (χ3n) is 2.82. The molecule has 0 spiro atoms. The monoisotopic (exact) mass is 261 g/mol. The van der Waals surface area contributed by atoms with Gasteiger partial charge in [-0.25, -0.2) is 0 Å². The largest absolute Gasteiger partial charge is 0.497 e. The molecular formula is C14H19N3O2. The van der Waals surface area contributed by atoms with Gasteiger partial charge in [0.2, 0.25) is 11.8 Å². The van der Waals surface area contributed by atoms with Crippen LogP contribution in [0.15, 0.2) is 28.7 Å². The summed E-state index contributed by atoms with van der Waals surface area (Å²) in [5, 5.41) is 8.05. The third kappa shape index (κ3) is 3.32. The van der Waals surface area contributed by atoms with E-state index in [1.807, 2.05) is 24.3 Å². The molecule has 0 radical (unpaired) electrons. The Hall–Kier alpha value is -1.88. The van der Waals surface area contributed by atoms with Gasteiger partial charge >= 0.3 is 0 Å². The van der Waals surface area contributed by atoms with Gasteiger partial charge in [0.05, 0.1) is 13.2 Å². The summed E-state index contributed by atoms with van der Waals surface area (Å²) in [6.45, 7) is 4.22. The molecular weight excluding hydrogens is 242 g/mol. The zero-order valence-corrected chi connectivity index (χ0v) is 11.5. The maximum absolute atomic E-state index is 6.02. The van der Waals surface area contributed by atoms with Gasteiger partial charge in [-0.1, -0.05) is 13.8 Å². The topological polar surface area (TPSA) is 74.2 Å². The van der Waals surface area contributed by atoms with Crippen LogP contribution in [-0.4, -0.2) is 17.3 Å². The van der Waals surface area contributed by atoms with Crippen LogP contribution in [0.5, 0.6) is 5.75 Å². The molecule has 0 bridgehead atoms. The summed E-state index contributed by atoms with van der Waals surface area (Å²) in [5.41, 5.74) is 6.87. The number of aromatic nitrogens is 2. The highest BCUT2D eigenvalue weighted by molar-refractivity contribution is 5.53. The van der Waals surface area contributed by atoms with E-state index < -0.39 is 0 Å². The lowest BCUT2D eigenvalue weighted by Crippen LogP contribution is -2.13. The fraction of sp³-hybridized carbons (Fsp3) is 0.429. The quantitative estimate of drug-likeness (QED) is 0.895. The summed E-state index contributed by atoms with van der Waals surface area (Å²) in [5.74, 6) is 2.25. The second-order valence-corrected chi connectivity index (χ2v) is 4.91. The molecule has 5 heteroatoms. The molecule has 2 aromatic rings. The second-order valence-electron chi connectivity index (χ2n) is 4.91. The van der Waals surface area contributed by atoms with Crippen LogP contribution in [0.1, 0.15) is 32.2 Å². The molecule has 0 aliphatic carbocycles. The van der Waals surface area contributed by atoms with Crippen molar-refractivity contribution in [2.45, 2.75) is 26.3 Å². The molecule has 1 heterocycles. The number of benzene rings is 1. The van der Waals surface area contributed by atoms with Crippen LogP contribution >= 0.6 is 0 Å². The van der Waals surface area contributed by atoms with Crippen LogP contribution < -0.4 is 10.5 Å². The summed E-state index contributed by atoms with van der Waals surface area (Å²) in [6, 6.07) is 7.26. The molecule has 1 aromatic heterocycles. The van der Waals surface area contributed by atoms with Crippen molar-refractivity contribution in [1.29, 1.82) is 0 Å². The predicted octanol–water partition coefficient (Wildman–Crippen LogP) is 2.79. The number of ether oxygens (including phenoxy) is 1. The number of rotatable bonds is 5. The molecule has 1 atom stereocenters. The first kappa shape index (κ1) is 13.5. The zero-order chi connectivity index (χ0) is 13.8. The van der Waals surface area contributed by atoms with Crippen molar-refractivity contribution in [2.24, 2.45) is 11.7 Å².